The van der Waals surface area contributed by atoms with Gasteiger partial charge in [0.1, 0.15) is 0 Å². The zero-order valence-electron chi connectivity index (χ0n) is 6.55. The SMILES string of the molecule is CC1c2ccccc2CC1Br. The molecule has 1 aromatic rings. The number of alkyl halides is 1. The lowest BCUT2D eigenvalue weighted by Gasteiger charge is -2.06. The fraction of sp³-hybridized carbons (Fsp3) is 0.400. The molecule has 0 saturated heterocycles. The van der Waals surface area contributed by atoms with Crippen LogP contribution in [-0.2, 0) is 6.42 Å². The molecule has 0 aromatic heterocycles. The molecule has 1 aliphatic rings. The Morgan fingerprint density at radius 2 is 2.09 bits per heavy atom. The summed E-state index contributed by atoms with van der Waals surface area (Å²) in [6.07, 6.45) is 1.19. The molecule has 1 aromatic carbocycles. The molecule has 0 N–H and O–H groups in total. The quantitative estimate of drug-likeness (QED) is 0.578. The van der Waals surface area contributed by atoms with Crippen molar-refractivity contribution in [3.05, 3.63) is 35.4 Å². The monoisotopic (exact) mass is 210 g/mol. The van der Waals surface area contributed by atoms with E-state index in [0.29, 0.717) is 10.7 Å². The van der Waals surface area contributed by atoms with E-state index in [4.69, 9.17) is 0 Å². The third-order valence-corrected chi connectivity index (χ3v) is 3.62. The number of fused-ring (bicyclic) bond motifs is 1. The minimum absolute atomic E-state index is 0.653. The molecule has 2 unspecified atom stereocenters. The maximum absolute atomic E-state index is 3.68. The van der Waals surface area contributed by atoms with Gasteiger partial charge in [-0.25, -0.2) is 0 Å². The standard InChI is InChI=1S/C10H11Br/c1-7-9-5-3-2-4-8(9)6-10(7)11/h2-5,7,10H,6H2,1H3. The molecule has 1 aliphatic carbocycles. The normalized spacial score (nSPS) is 28.5. The zero-order chi connectivity index (χ0) is 7.84. The molecule has 0 amide bonds. The second-order valence-electron chi connectivity index (χ2n) is 3.21. The van der Waals surface area contributed by atoms with Crippen molar-refractivity contribution in [3.8, 4) is 0 Å². The van der Waals surface area contributed by atoms with E-state index in [1.165, 1.54) is 17.5 Å². The molecule has 0 saturated carbocycles. The smallest absolute Gasteiger partial charge is 0.0252 e. The van der Waals surface area contributed by atoms with Crippen molar-refractivity contribution in [2.45, 2.75) is 24.1 Å². The Bertz CT molecular complexity index is 267. The molecule has 0 radical (unpaired) electrons. The first-order valence-corrected chi connectivity index (χ1v) is 4.92. The van der Waals surface area contributed by atoms with Crippen LogP contribution < -0.4 is 0 Å². The lowest BCUT2D eigenvalue weighted by atomic mass is 10.0. The third-order valence-electron chi connectivity index (χ3n) is 2.50. The minimum atomic E-state index is 0.653. The van der Waals surface area contributed by atoms with Crippen LogP contribution in [0.4, 0.5) is 0 Å². The van der Waals surface area contributed by atoms with Gasteiger partial charge in [0, 0.05) is 4.83 Å². The van der Waals surface area contributed by atoms with E-state index in [-0.39, 0.29) is 0 Å². The van der Waals surface area contributed by atoms with Crippen LogP contribution >= 0.6 is 15.9 Å². The molecule has 11 heavy (non-hydrogen) atoms. The van der Waals surface area contributed by atoms with Gasteiger partial charge in [0.2, 0.25) is 0 Å². The van der Waals surface area contributed by atoms with Crippen LogP contribution in [0.15, 0.2) is 24.3 Å². The highest BCUT2D eigenvalue weighted by molar-refractivity contribution is 9.09. The van der Waals surface area contributed by atoms with Crippen LogP contribution in [0.2, 0.25) is 0 Å². The van der Waals surface area contributed by atoms with E-state index in [1.54, 1.807) is 0 Å². The Morgan fingerprint density at radius 1 is 1.36 bits per heavy atom. The van der Waals surface area contributed by atoms with Gasteiger partial charge in [-0.05, 0) is 23.5 Å². The summed E-state index contributed by atoms with van der Waals surface area (Å²) in [5, 5.41) is 0. The summed E-state index contributed by atoms with van der Waals surface area (Å²) >= 11 is 3.68. The Balaban J connectivity index is 2.47. The summed E-state index contributed by atoms with van der Waals surface area (Å²) in [6, 6.07) is 8.71. The first-order chi connectivity index (χ1) is 5.29. The maximum Gasteiger partial charge on any atom is 0.0252 e. The molecule has 0 heterocycles. The van der Waals surface area contributed by atoms with Gasteiger partial charge < -0.3 is 0 Å². The molecule has 2 atom stereocenters. The molecule has 2 rings (SSSR count). The van der Waals surface area contributed by atoms with Gasteiger partial charge in [0.25, 0.3) is 0 Å². The molecule has 1 heteroatoms. The number of benzene rings is 1. The largest absolute Gasteiger partial charge is 0.0881 e. The number of halogens is 1. The predicted octanol–water partition coefficient (Wildman–Crippen LogP) is 3.11. The van der Waals surface area contributed by atoms with E-state index >= 15 is 0 Å². The van der Waals surface area contributed by atoms with E-state index in [2.05, 4.69) is 47.1 Å². The average Bonchev–Trinajstić information content (AvgIpc) is 2.30. The molecule has 0 bridgehead atoms. The first kappa shape index (κ1) is 7.35. The second-order valence-corrected chi connectivity index (χ2v) is 4.38. The van der Waals surface area contributed by atoms with Crippen LogP contribution in [0, 0.1) is 0 Å². The van der Waals surface area contributed by atoms with Crippen LogP contribution in [0.3, 0.4) is 0 Å². The summed E-state index contributed by atoms with van der Waals surface area (Å²) in [4.78, 5) is 0.653. The minimum Gasteiger partial charge on any atom is -0.0881 e. The molecule has 0 nitrogen and oxygen atoms in total. The van der Waals surface area contributed by atoms with E-state index in [1.807, 2.05) is 0 Å². The van der Waals surface area contributed by atoms with Crippen molar-refractivity contribution in [1.29, 1.82) is 0 Å². The fourth-order valence-electron chi connectivity index (χ4n) is 1.75. The van der Waals surface area contributed by atoms with Gasteiger partial charge >= 0.3 is 0 Å². The van der Waals surface area contributed by atoms with Crippen molar-refractivity contribution in [3.63, 3.8) is 0 Å². The third kappa shape index (κ3) is 1.12. The first-order valence-electron chi connectivity index (χ1n) is 4.01. The number of rotatable bonds is 0. The zero-order valence-corrected chi connectivity index (χ0v) is 8.14. The van der Waals surface area contributed by atoms with E-state index in [0.717, 1.165) is 0 Å². The van der Waals surface area contributed by atoms with Crippen LogP contribution in [0.5, 0.6) is 0 Å². The van der Waals surface area contributed by atoms with Crippen molar-refractivity contribution in [2.75, 3.05) is 0 Å². The van der Waals surface area contributed by atoms with Gasteiger partial charge in [-0.3, -0.25) is 0 Å². The van der Waals surface area contributed by atoms with Gasteiger partial charge in [0.15, 0.2) is 0 Å². The summed E-state index contributed by atoms with van der Waals surface area (Å²) in [6.45, 7) is 2.28. The molecule has 0 aliphatic heterocycles. The van der Waals surface area contributed by atoms with Gasteiger partial charge in [-0.1, -0.05) is 47.1 Å². The van der Waals surface area contributed by atoms with E-state index < -0.39 is 0 Å². The van der Waals surface area contributed by atoms with Crippen molar-refractivity contribution in [2.24, 2.45) is 0 Å². The maximum atomic E-state index is 3.68. The summed E-state index contributed by atoms with van der Waals surface area (Å²) in [5.74, 6) is 0.686. The predicted molar refractivity (Wildman–Crippen MR) is 51.3 cm³/mol. The Labute approximate surface area is 75.8 Å². The number of hydrogen-bond acceptors (Lipinski definition) is 0. The number of hydrogen-bond donors (Lipinski definition) is 0. The van der Waals surface area contributed by atoms with Gasteiger partial charge in [-0.2, -0.15) is 0 Å². The highest BCUT2D eigenvalue weighted by Crippen LogP contribution is 2.36. The molecular weight excluding hydrogens is 200 g/mol. The lowest BCUT2D eigenvalue weighted by molar-refractivity contribution is 0.778. The summed E-state index contributed by atoms with van der Waals surface area (Å²) < 4.78 is 0. The topological polar surface area (TPSA) is 0 Å². The average molecular weight is 211 g/mol. The molecule has 0 spiro atoms. The lowest BCUT2D eigenvalue weighted by Crippen LogP contribution is -2.00. The second kappa shape index (κ2) is 2.63. The molecular formula is C10H11Br. The van der Waals surface area contributed by atoms with Crippen LogP contribution in [0.25, 0.3) is 0 Å². The summed E-state index contributed by atoms with van der Waals surface area (Å²) in [5.41, 5.74) is 3.04. The summed E-state index contributed by atoms with van der Waals surface area (Å²) in [7, 11) is 0. The highest BCUT2D eigenvalue weighted by atomic mass is 79.9. The van der Waals surface area contributed by atoms with E-state index in [9.17, 15) is 0 Å². The van der Waals surface area contributed by atoms with Gasteiger partial charge in [-0.15, -0.1) is 0 Å². The Hall–Kier alpha value is -0.300. The Kier molecular flexibility index (Phi) is 1.76. The van der Waals surface area contributed by atoms with Crippen molar-refractivity contribution < 1.29 is 0 Å². The Morgan fingerprint density at radius 3 is 2.82 bits per heavy atom. The van der Waals surface area contributed by atoms with Crippen LogP contribution in [-0.4, -0.2) is 4.83 Å². The molecule has 0 fully saturated rings. The fourth-order valence-corrected chi connectivity index (χ4v) is 2.38. The highest BCUT2D eigenvalue weighted by Gasteiger charge is 2.25. The van der Waals surface area contributed by atoms with Crippen molar-refractivity contribution >= 4 is 15.9 Å². The van der Waals surface area contributed by atoms with Crippen molar-refractivity contribution in [1.82, 2.24) is 0 Å². The van der Waals surface area contributed by atoms with Gasteiger partial charge in [0.05, 0.1) is 0 Å². The van der Waals surface area contributed by atoms with Crippen LogP contribution in [0.1, 0.15) is 24.0 Å². The molecule has 58 valence electrons.